The maximum atomic E-state index is 12.7. The number of amides is 1. The molecule has 1 fully saturated rings. The van der Waals surface area contributed by atoms with Crippen molar-refractivity contribution in [2.75, 3.05) is 45.8 Å². The summed E-state index contributed by atoms with van der Waals surface area (Å²) < 4.78 is 5.93. The summed E-state index contributed by atoms with van der Waals surface area (Å²) in [6.07, 6.45) is 0.741. The van der Waals surface area contributed by atoms with Crippen LogP contribution in [0.5, 0.6) is 0 Å². The highest BCUT2D eigenvalue weighted by molar-refractivity contribution is 5.78. The minimum absolute atomic E-state index is 0.199. The zero-order valence-electron chi connectivity index (χ0n) is 15.4. The molecule has 26 heavy (non-hydrogen) atoms. The second kappa shape index (κ2) is 7.60. The topological polar surface area (TPSA) is 52.8 Å². The Balaban J connectivity index is 1.37. The van der Waals surface area contributed by atoms with Gasteiger partial charge in [0.15, 0.2) is 0 Å². The Morgan fingerprint density at radius 1 is 1.08 bits per heavy atom. The van der Waals surface area contributed by atoms with Crippen LogP contribution in [0, 0.1) is 0 Å². The lowest BCUT2D eigenvalue weighted by Gasteiger charge is -2.35. The van der Waals surface area contributed by atoms with Gasteiger partial charge in [-0.05, 0) is 18.7 Å². The lowest BCUT2D eigenvalue weighted by molar-refractivity contribution is -0.133. The second-order valence-electron chi connectivity index (χ2n) is 7.03. The number of rotatable bonds is 4. The molecule has 6 nitrogen and oxygen atoms in total. The monoisotopic (exact) mass is 354 g/mol. The van der Waals surface area contributed by atoms with Crippen molar-refractivity contribution in [3.63, 3.8) is 0 Å². The van der Waals surface area contributed by atoms with Gasteiger partial charge < -0.3 is 14.2 Å². The van der Waals surface area contributed by atoms with E-state index in [9.17, 15) is 4.79 Å². The zero-order valence-corrected chi connectivity index (χ0v) is 15.4. The molecular weight excluding hydrogens is 328 g/mol. The molecule has 0 atom stereocenters. The Morgan fingerprint density at radius 2 is 1.81 bits per heavy atom. The Hall–Kier alpha value is -2.18. The molecule has 0 spiro atoms. The van der Waals surface area contributed by atoms with Crippen LogP contribution in [0.4, 0.5) is 0 Å². The number of piperazine rings is 1. The van der Waals surface area contributed by atoms with Crippen molar-refractivity contribution in [1.82, 2.24) is 19.7 Å². The SMILES string of the molecule is CCN1CCN(CC(=O)N2CCc3oc(-c4ccccc4)nc3C2)CC1. The van der Waals surface area contributed by atoms with E-state index in [1.807, 2.05) is 35.2 Å². The van der Waals surface area contributed by atoms with Gasteiger partial charge in [0, 0.05) is 44.7 Å². The van der Waals surface area contributed by atoms with Crippen LogP contribution < -0.4 is 0 Å². The van der Waals surface area contributed by atoms with E-state index in [4.69, 9.17) is 4.42 Å². The first-order chi connectivity index (χ1) is 12.7. The molecule has 0 aliphatic carbocycles. The fourth-order valence-corrected chi connectivity index (χ4v) is 3.67. The van der Waals surface area contributed by atoms with E-state index in [0.717, 1.165) is 56.2 Å². The number of carbonyl (C=O) groups excluding carboxylic acids is 1. The van der Waals surface area contributed by atoms with Gasteiger partial charge in [-0.3, -0.25) is 9.69 Å². The molecule has 2 aliphatic rings. The summed E-state index contributed by atoms with van der Waals surface area (Å²) in [6.45, 7) is 9.11. The Kier molecular flexibility index (Phi) is 5.04. The fraction of sp³-hybridized carbons (Fsp3) is 0.500. The summed E-state index contributed by atoms with van der Waals surface area (Å²) in [5.41, 5.74) is 1.88. The number of fused-ring (bicyclic) bond motifs is 1. The zero-order chi connectivity index (χ0) is 17.9. The molecule has 0 unspecified atom stereocenters. The van der Waals surface area contributed by atoms with E-state index in [-0.39, 0.29) is 5.91 Å². The van der Waals surface area contributed by atoms with Gasteiger partial charge >= 0.3 is 0 Å². The largest absolute Gasteiger partial charge is 0.441 e. The number of hydrogen-bond donors (Lipinski definition) is 0. The summed E-state index contributed by atoms with van der Waals surface area (Å²) in [7, 11) is 0. The molecule has 1 amide bonds. The Labute approximate surface area is 154 Å². The number of aromatic nitrogens is 1. The third-order valence-corrected chi connectivity index (χ3v) is 5.37. The lowest BCUT2D eigenvalue weighted by Crippen LogP contribution is -2.50. The van der Waals surface area contributed by atoms with E-state index in [1.165, 1.54) is 0 Å². The summed E-state index contributed by atoms with van der Waals surface area (Å²) in [4.78, 5) is 24.0. The van der Waals surface area contributed by atoms with Crippen LogP contribution in [0.25, 0.3) is 11.5 Å². The first-order valence-electron chi connectivity index (χ1n) is 9.49. The normalized spacial score (nSPS) is 18.7. The van der Waals surface area contributed by atoms with Gasteiger partial charge in [0.25, 0.3) is 0 Å². The van der Waals surface area contributed by atoms with Gasteiger partial charge in [-0.15, -0.1) is 0 Å². The number of hydrogen-bond acceptors (Lipinski definition) is 5. The van der Waals surface area contributed by atoms with E-state index >= 15 is 0 Å². The molecule has 6 heteroatoms. The molecule has 138 valence electrons. The van der Waals surface area contributed by atoms with Crippen molar-refractivity contribution in [1.29, 1.82) is 0 Å². The molecule has 0 bridgehead atoms. The molecule has 4 rings (SSSR count). The van der Waals surface area contributed by atoms with Gasteiger partial charge in [0.1, 0.15) is 11.5 Å². The van der Waals surface area contributed by atoms with Crippen LogP contribution in [-0.2, 0) is 17.8 Å². The van der Waals surface area contributed by atoms with Gasteiger partial charge in [-0.1, -0.05) is 25.1 Å². The number of benzene rings is 1. The molecule has 3 heterocycles. The van der Waals surface area contributed by atoms with E-state index in [2.05, 4.69) is 21.7 Å². The molecule has 1 aromatic heterocycles. The predicted molar refractivity (Wildman–Crippen MR) is 99.6 cm³/mol. The maximum Gasteiger partial charge on any atom is 0.237 e. The van der Waals surface area contributed by atoms with Crippen LogP contribution in [0.1, 0.15) is 18.4 Å². The van der Waals surface area contributed by atoms with Crippen molar-refractivity contribution in [3.05, 3.63) is 41.8 Å². The quantitative estimate of drug-likeness (QED) is 0.839. The van der Waals surface area contributed by atoms with E-state index < -0.39 is 0 Å². The van der Waals surface area contributed by atoms with Crippen molar-refractivity contribution in [2.45, 2.75) is 19.9 Å². The second-order valence-corrected chi connectivity index (χ2v) is 7.03. The molecular formula is C20H26N4O2. The standard InChI is InChI=1S/C20H26N4O2/c1-2-22-10-12-23(13-11-22)15-19(25)24-9-8-18-17(14-24)21-20(26-18)16-6-4-3-5-7-16/h3-7H,2,8-15H2,1H3. The maximum absolute atomic E-state index is 12.7. The first-order valence-corrected chi connectivity index (χ1v) is 9.49. The van der Waals surface area contributed by atoms with Crippen molar-refractivity contribution < 1.29 is 9.21 Å². The average Bonchev–Trinajstić information content (AvgIpc) is 3.12. The minimum Gasteiger partial charge on any atom is -0.441 e. The van der Waals surface area contributed by atoms with Crippen molar-refractivity contribution in [3.8, 4) is 11.5 Å². The van der Waals surface area contributed by atoms with Crippen LogP contribution >= 0.6 is 0 Å². The van der Waals surface area contributed by atoms with Gasteiger partial charge in [-0.2, -0.15) is 0 Å². The lowest BCUT2D eigenvalue weighted by atomic mass is 10.1. The van der Waals surface area contributed by atoms with Crippen LogP contribution in [0.2, 0.25) is 0 Å². The van der Waals surface area contributed by atoms with Crippen LogP contribution in [0.15, 0.2) is 34.7 Å². The molecule has 1 saturated heterocycles. The summed E-state index contributed by atoms with van der Waals surface area (Å²) in [5, 5.41) is 0. The third kappa shape index (κ3) is 3.66. The average molecular weight is 354 g/mol. The molecule has 0 saturated carbocycles. The highest BCUT2D eigenvalue weighted by Gasteiger charge is 2.27. The minimum atomic E-state index is 0.199. The first kappa shape index (κ1) is 17.2. The van der Waals surface area contributed by atoms with Crippen LogP contribution in [-0.4, -0.2) is 71.4 Å². The number of carbonyl (C=O) groups is 1. The number of likely N-dealkylation sites (N-methyl/N-ethyl adjacent to an activating group) is 1. The Bertz CT molecular complexity index is 750. The van der Waals surface area contributed by atoms with Gasteiger partial charge in [-0.25, -0.2) is 4.98 Å². The van der Waals surface area contributed by atoms with E-state index in [0.29, 0.717) is 25.5 Å². The molecule has 2 aromatic rings. The molecule has 2 aliphatic heterocycles. The van der Waals surface area contributed by atoms with Crippen molar-refractivity contribution in [2.24, 2.45) is 0 Å². The Morgan fingerprint density at radius 3 is 2.54 bits per heavy atom. The number of nitrogens with zero attached hydrogens (tertiary/aromatic N) is 4. The summed E-state index contributed by atoms with van der Waals surface area (Å²) in [5.74, 6) is 1.77. The van der Waals surface area contributed by atoms with Crippen molar-refractivity contribution >= 4 is 5.91 Å². The smallest absolute Gasteiger partial charge is 0.237 e. The molecule has 0 N–H and O–H groups in total. The fourth-order valence-electron chi connectivity index (χ4n) is 3.67. The summed E-state index contributed by atoms with van der Waals surface area (Å²) in [6, 6.07) is 9.93. The van der Waals surface area contributed by atoms with E-state index in [1.54, 1.807) is 0 Å². The summed E-state index contributed by atoms with van der Waals surface area (Å²) >= 11 is 0. The highest BCUT2D eigenvalue weighted by atomic mass is 16.4. The molecule has 1 aromatic carbocycles. The van der Waals surface area contributed by atoms with Crippen LogP contribution in [0.3, 0.4) is 0 Å². The number of oxazole rings is 1. The predicted octanol–water partition coefficient (Wildman–Crippen LogP) is 1.86. The highest BCUT2D eigenvalue weighted by Crippen LogP contribution is 2.26. The van der Waals surface area contributed by atoms with Gasteiger partial charge in [0.05, 0.1) is 13.1 Å². The van der Waals surface area contributed by atoms with Gasteiger partial charge in [0.2, 0.25) is 11.8 Å². The molecule has 0 radical (unpaired) electrons. The third-order valence-electron chi connectivity index (χ3n) is 5.37.